The highest BCUT2D eigenvalue weighted by atomic mass is 35.5. The molecule has 0 spiro atoms. The van der Waals surface area contributed by atoms with Gasteiger partial charge in [0.05, 0.1) is 34.9 Å². The zero-order chi connectivity index (χ0) is 26.6. The average Bonchev–Trinajstić information content (AvgIpc) is 2.83. The number of nitrogens with one attached hydrogen (secondary N) is 1. The Bertz CT molecular complexity index is 1410. The molecule has 1 heterocycles. The molecule has 1 amide bonds. The molecule has 8 nitrogen and oxygen atoms in total. The molecule has 36 heavy (non-hydrogen) atoms. The Morgan fingerprint density at radius 2 is 1.83 bits per heavy atom. The van der Waals surface area contributed by atoms with Crippen molar-refractivity contribution in [1.29, 1.82) is 5.26 Å². The van der Waals surface area contributed by atoms with Gasteiger partial charge in [-0.15, -0.1) is 0 Å². The van der Waals surface area contributed by atoms with E-state index < -0.39 is 23.5 Å². The van der Waals surface area contributed by atoms with E-state index in [1.54, 1.807) is 6.07 Å². The molecule has 10 heteroatoms. The van der Waals surface area contributed by atoms with Gasteiger partial charge >= 0.3 is 5.97 Å². The summed E-state index contributed by atoms with van der Waals surface area (Å²) in [6.07, 6.45) is 1.66. The fraction of sp³-hybridized carbons (Fsp3) is 0.231. The third-order valence-electron chi connectivity index (χ3n) is 5.46. The van der Waals surface area contributed by atoms with Gasteiger partial charge in [0.25, 0.3) is 5.56 Å². The van der Waals surface area contributed by atoms with Crippen LogP contribution in [0.25, 0.3) is 11.1 Å². The number of carbonyl (C=O) groups excluding carboxylic acids is 1. The molecular formula is C26H23Cl2N3O5. The number of ether oxygens (including phenoxy) is 1. The predicted molar refractivity (Wildman–Crippen MR) is 138 cm³/mol. The van der Waals surface area contributed by atoms with E-state index >= 15 is 0 Å². The highest BCUT2D eigenvalue weighted by molar-refractivity contribution is 6.34. The number of nitriles is 1. The second kappa shape index (κ2) is 11.3. The van der Waals surface area contributed by atoms with Gasteiger partial charge in [0.1, 0.15) is 6.04 Å². The van der Waals surface area contributed by atoms with E-state index in [0.29, 0.717) is 22.7 Å². The van der Waals surface area contributed by atoms with Gasteiger partial charge in [0.15, 0.2) is 5.75 Å². The molecule has 0 bridgehead atoms. The van der Waals surface area contributed by atoms with Gasteiger partial charge < -0.3 is 15.2 Å². The lowest BCUT2D eigenvalue weighted by atomic mass is 9.99. The predicted octanol–water partition coefficient (Wildman–Crippen LogP) is 5.63. The zero-order valence-electron chi connectivity index (χ0n) is 19.7. The first-order valence-corrected chi connectivity index (χ1v) is 11.7. The van der Waals surface area contributed by atoms with Crippen molar-refractivity contribution in [3.05, 3.63) is 80.2 Å². The van der Waals surface area contributed by atoms with E-state index in [1.807, 2.05) is 13.8 Å². The van der Waals surface area contributed by atoms with Crippen molar-refractivity contribution in [1.82, 2.24) is 4.57 Å². The van der Waals surface area contributed by atoms with Crippen LogP contribution < -0.4 is 15.6 Å². The Kier molecular flexibility index (Phi) is 8.41. The first kappa shape index (κ1) is 26.8. The van der Waals surface area contributed by atoms with Gasteiger partial charge in [-0.2, -0.15) is 5.26 Å². The normalized spacial score (nSPS) is 11.6. The summed E-state index contributed by atoms with van der Waals surface area (Å²) in [4.78, 5) is 37.9. The number of pyridine rings is 1. The van der Waals surface area contributed by atoms with Gasteiger partial charge in [0, 0.05) is 22.5 Å². The summed E-state index contributed by atoms with van der Waals surface area (Å²) >= 11 is 12.7. The van der Waals surface area contributed by atoms with Crippen LogP contribution in [0.15, 0.2) is 53.5 Å². The average molecular weight is 528 g/mol. The van der Waals surface area contributed by atoms with E-state index in [2.05, 4.69) is 11.4 Å². The Morgan fingerprint density at radius 3 is 2.39 bits per heavy atom. The summed E-state index contributed by atoms with van der Waals surface area (Å²) in [5.74, 6) is -1.67. The van der Waals surface area contributed by atoms with E-state index in [1.165, 1.54) is 54.3 Å². The minimum atomic E-state index is -1.09. The number of nitrogens with zero attached hydrogens (tertiary/aromatic N) is 2. The van der Waals surface area contributed by atoms with Gasteiger partial charge in [-0.3, -0.25) is 14.2 Å². The minimum Gasteiger partial charge on any atom is -0.491 e. The Balaban J connectivity index is 2.11. The number of carbonyl (C=O) groups is 2. The second-order valence-electron chi connectivity index (χ2n) is 8.42. The Labute approximate surface area is 217 Å². The molecule has 0 aliphatic heterocycles. The quantitative estimate of drug-likeness (QED) is 0.391. The number of hydrogen-bond donors (Lipinski definition) is 2. The SMILES string of the molecule is COc1c(-c2cc(Cl)ccc2C#N)c(Cl)cn(C(CC(C)C)C(=O)Nc2ccc(C(=O)O)cc2)c1=O. The third-order valence-corrected chi connectivity index (χ3v) is 5.98. The summed E-state index contributed by atoms with van der Waals surface area (Å²) in [5, 5.41) is 21.8. The molecule has 1 atom stereocenters. The number of aromatic carboxylic acids is 1. The molecule has 0 aliphatic rings. The van der Waals surface area contributed by atoms with Crippen LogP contribution >= 0.6 is 23.2 Å². The monoisotopic (exact) mass is 527 g/mol. The van der Waals surface area contributed by atoms with Crippen LogP contribution in [0.1, 0.15) is 42.2 Å². The lowest BCUT2D eigenvalue weighted by Gasteiger charge is -2.23. The molecule has 3 rings (SSSR count). The van der Waals surface area contributed by atoms with Crippen molar-refractivity contribution in [2.75, 3.05) is 12.4 Å². The summed E-state index contributed by atoms with van der Waals surface area (Å²) in [7, 11) is 1.30. The first-order chi connectivity index (χ1) is 17.1. The molecule has 186 valence electrons. The second-order valence-corrected chi connectivity index (χ2v) is 9.26. The van der Waals surface area contributed by atoms with Crippen LogP contribution in [0.3, 0.4) is 0 Å². The molecule has 0 radical (unpaired) electrons. The van der Waals surface area contributed by atoms with Crippen molar-refractivity contribution < 1.29 is 19.4 Å². The standard InChI is InChI=1S/C26H23Cl2N3O5/c1-14(2)10-21(24(32)30-18-8-5-15(6-9-18)26(34)35)31-13-20(28)22(23(36-3)25(31)33)19-11-17(27)7-4-16(19)12-29/h4-9,11,13-14,21H,10H2,1-3H3,(H,30,32)(H,34,35). The first-order valence-electron chi connectivity index (χ1n) is 10.9. The number of halogens is 2. The van der Waals surface area contributed by atoms with Gasteiger partial charge in [-0.05, 0) is 54.8 Å². The van der Waals surface area contributed by atoms with E-state index in [4.69, 9.17) is 33.0 Å². The largest absolute Gasteiger partial charge is 0.491 e. The van der Waals surface area contributed by atoms with Gasteiger partial charge in [0.2, 0.25) is 5.91 Å². The maximum absolute atomic E-state index is 13.5. The van der Waals surface area contributed by atoms with Crippen LogP contribution in [0, 0.1) is 17.2 Å². The molecule has 1 aromatic heterocycles. The molecule has 1 unspecified atom stereocenters. The smallest absolute Gasteiger partial charge is 0.335 e. The molecular weight excluding hydrogens is 505 g/mol. The Hall–Kier alpha value is -3.80. The van der Waals surface area contributed by atoms with Crippen LogP contribution in [0.4, 0.5) is 5.69 Å². The van der Waals surface area contributed by atoms with Crippen LogP contribution in [0.5, 0.6) is 5.75 Å². The fourth-order valence-corrected chi connectivity index (χ4v) is 4.25. The molecule has 0 fully saturated rings. The van der Waals surface area contributed by atoms with Crippen molar-refractivity contribution in [3.63, 3.8) is 0 Å². The minimum absolute atomic E-state index is 0.0320. The molecule has 3 aromatic rings. The molecule has 0 saturated heterocycles. The summed E-state index contributed by atoms with van der Waals surface area (Å²) in [6.45, 7) is 3.82. The lowest BCUT2D eigenvalue weighted by molar-refractivity contribution is -0.119. The summed E-state index contributed by atoms with van der Waals surface area (Å²) < 4.78 is 6.63. The number of methoxy groups -OCH3 is 1. The van der Waals surface area contributed by atoms with Crippen molar-refractivity contribution in [3.8, 4) is 22.9 Å². The molecule has 0 saturated carbocycles. The number of carboxylic acids is 1. The molecule has 2 aromatic carbocycles. The molecule has 0 aliphatic carbocycles. The van der Waals surface area contributed by atoms with Crippen molar-refractivity contribution in [2.45, 2.75) is 26.3 Å². The van der Waals surface area contributed by atoms with Crippen molar-refractivity contribution >= 4 is 40.8 Å². The number of amides is 1. The maximum atomic E-state index is 13.5. The molecule has 2 N–H and O–H groups in total. The number of aromatic nitrogens is 1. The van der Waals surface area contributed by atoms with Crippen molar-refractivity contribution in [2.24, 2.45) is 5.92 Å². The van der Waals surface area contributed by atoms with Gasteiger partial charge in [-0.25, -0.2) is 4.79 Å². The maximum Gasteiger partial charge on any atom is 0.335 e. The highest BCUT2D eigenvalue weighted by Crippen LogP contribution is 2.38. The van der Waals surface area contributed by atoms with E-state index in [0.717, 1.165) is 0 Å². The van der Waals surface area contributed by atoms with E-state index in [9.17, 15) is 19.6 Å². The fourth-order valence-electron chi connectivity index (χ4n) is 3.79. The van der Waals surface area contributed by atoms with E-state index in [-0.39, 0.29) is 33.4 Å². The summed E-state index contributed by atoms with van der Waals surface area (Å²) in [5.41, 5.74) is 0.625. The number of rotatable bonds is 8. The zero-order valence-corrected chi connectivity index (χ0v) is 21.2. The Morgan fingerprint density at radius 1 is 1.17 bits per heavy atom. The highest BCUT2D eigenvalue weighted by Gasteiger charge is 2.28. The lowest BCUT2D eigenvalue weighted by Crippen LogP contribution is -2.34. The number of carboxylic acid groups (broad SMARTS) is 1. The number of benzene rings is 2. The number of hydrogen-bond acceptors (Lipinski definition) is 5. The van der Waals surface area contributed by atoms with Crippen LogP contribution in [0.2, 0.25) is 10.0 Å². The summed E-state index contributed by atoms with van der Waals surface area (Å²) in [6, 6.07) is 11.4. The topological polar surface area (TPSA) is 121 Å². The third kappa shape index (κ3) is 5.70. The number of anilines is 1. The van der Waals surface area contributed by atoms with Crippen LogP contribution in [-0.4, -0.2) is 28.7 Å². The van der Waals surface area contributed by atoms with Crippen LogP contribution in [-0.2, 0) is 4.79 Å². The van der Waals surface area contributed by atoms with Gasteiger partial charge in [-0.1, -0.05) is 37.0 Å².